The normalized spacial score (nSPS) is 13.0. The summed E-state index contributed by atoms with van der Waals surface area (Å²) in [5, 5.41) is 3.38. The number of nitrogens with one attached hydrogen (secondary N) is 2. The van der Waals surface area contributed by atoms with Crippen molar-refractivity contribution < 1.29 is 18.8 Å². The van der Waals surface area contributed by atoms with Gasteiger partial charge in [-0.15, -0.1) is 5.17 Å². The third-order valence-corrected chi connectivity index (χ3v) is 4.85. The van der Waals surface area contributed by atoms with E-state index < -0.39 is 5.97 Å². The summed E-state index contributed by atoms with van der Waals surface area (Å²) in [5.41, 5.74) is 10.3. The van der Waals surface area contributed by atoms with E-state index in [1.54, 1.807) is 19.2 Å². The largest absolute Gasteiger partial charge is 0.396 e. The minimum absolute atomic E-state index is 0.0643. The second-order valence-corrected chi connectivity index (χ2v) is 7.31. The number of aryl methyl sites for hydroxylation is 2. The van der Waals surface area contributed by atoms with Crippen molar-refractivity contribution in [3.05, 3.63) is 76.3 Å². The van der Waals surface area contributed by atoms with Crippen molar-refractivity contribution in [1.82, 2.24) is 10.2 Å². The quantitative estimate of drug-likeness (QED) is 0.228. The highest BCUT2D eigenvalue weighted by atomic mass is 19.1. The van der Waals surface area contributed by atoms with Crippen molar-refractivity contribution in [2.45, 2.75) is 40.5 Å². The number of aliphatic imine (C=N–C) groups is 1. The number of nitrogens with zero attached hydrogens (tertiary/aromatic N) is 2. The molecule has 9 nitrogen and oxygen atoms in total. The number of aromatic amines is 1. The number of nitrogens with two attached hydrogens (primary N) is 2. The third-order valence-electron chi connectivity index (χ3n) is 4.85. The molecule has 1 amide bonds. The van der Waals surface area contributed by atoms with E-state index >= 15 is 0 Å². The monoisotopic (exact) mass is 456 g/mol. The Balaban J connectivity index is 0.000000288. The van der Waals surface area contributed by atoms with Crippen molar-refractivity contribution in [2.24, 2.45) is 16.6 Å². The van der Waals surface area contributed by atoms with Gasteiger partial charge in [-0.05, 0) is 62.6 Å². The van der Waals surface area contributed by atoms with Gasteiger partial charge in [-0.3, -0.25) is 4.79 Å². The average Bonchev–Trinajstić information content (AvgIpc) is 3.24. The molecule has 1 aromatic carbocycles. The molecule has 0 fully saturated rings. The molecule has 0 unspecified atom stereocenters. The molecule has 0 saturated carbocycles. The summed E-state index contributed by atoms with van der Waals surface area (Å²) in [6.07, 6.45) is 3.97. The number of rotatable bonds is 6. The molecule has 3 rings (SSSR count). The number of H-pyrrole nitrogens is 1. The fraction of sp³-hybridized carbons (Fsp3) is 0.261. The Bertz CT molecular complexity index is 1120. The summed E-state index contributed by atoms with van der Waals surface area (Å²) in [7, 11) is 0. The van der Waals surface area contributed by atoms with Gasteiger partial charge in [0.2, 0.25) is 11.7 Å². The number of aromatic nitrogens is 1. The van der Waals surface area contributed by atoms with Crippen molar-refractivity contribution in [3.8, 4) is 0 Å². The number of amides is 1. The number of anilines is 1. The molecule has 0 radical (unpaired) electrons. The number of carbonyl (C=O) groups is 2. The van der Waals surface area contributed by atoms with Gasteiger partial charge >= 0.3 is 5.97 Å². The maximum atomic E-state index is 12.5. The standard InChI is InChI=1S/C15H23N5O2.C8H6FNO/c1-6-8-18-14(12(16)7-2)20(17)22-15(21)13-9(3)10(4)19-11(13)5;9-6-1-2-7-5(3-6)4-8(11)10-7/h7-8,19H,2,6,16-17H2,1,3-5H3;1-3H,4H2,(H,10,11)/b14-12-,18-8-;. The van der Waals surface area contributed by atoms with Crippen LogP contribution in [0.3, 0.4) is 0 Å². The Morgan fingerprint density at radius 3 is 2.61 bits per heavy atom. The maximum Gasteiger partial charge on any atom is 0.367 e. The highest BCUT2D eigenvalue weighted by Crippen LogP contribution is 2.23. The minimum atomic E-state index is -0.581. The first-order valence-corrected chi connectivity index (χ1v) is 10.2. The molecular formula is C23H29FN6O3. The third kappa shape index (κ3) is 6.30. The van der Waals surface area contributed by atoms with Crippen molar-refractivity contribution in [3.63, 3.8) is 0 Å². The number of hydroxylamine groups is 1. The molecule has 33 heavy (non-hydrogen) atoms. The predicted molar refractivity (Wildman–Crippen MR) is 125 cm³/mol. The molecule has 0 aliphatic carbocycles. The van der Waals surface area contributed by atoms with Gasteiger partial charge in [0.05, 0.1) is 17.7 Å². The van der Waals surface area contributed by atoms with Crippen LogP contribution < -0.4 is 16.9 Å². The minimum Gasteiger partial charge on any atom is -0.396 e. The number of allylic oxidation sites excluding steroid dienone is 1. The van der Waals surface area contributed by atoms with Crippen molar-refractivity contribution in [1.29, 1.82) is 0 Å². The van der Waals surface area contributed by atoms with E-state index in [9.17, 15) is 14.0 Å². The maximum absolute atomic E-state index is 12.5. The van der Waals surface area contributed by atoms with Crippen molar-refractivity contribution >= 4 is 23.8 Å². The Morgan fingerprint density at radius 1 is 1.33 bits per heavy atom. The van der Waals surface area contributed by atoms with Crippen LogP contribution in [-0.2, 0) is 16.1 Å². The smallest absolute Gasteiger partial charge is 0.367 e. The van der Waals surface area contributed by atoms with Gasteiger partial charge in [-0.2, -0.15) is 0 Å². The zero-order chi connectivity index (χ0) is 24.7. The number of fused-ring (bicyclic) bond motifs is 1. The lowest BCUT2D eigenvalue weighted by Gasteiger charge is -2.18. The zero-order valence-corrected chi connectivity index (χ0v) is 19.2. The number of hydrogen-bond acceptors (Lipinski definition) is 7. The average molecular weight is 457 g/mol. The Labute approximate surface area is 191 Å². The Kier molecular flexibility index (Phi) is 8.52. The van der Waals surface area contributed by atoms with Crippen LogP contribution in [0.1, 0.15) is 46.2 Å². The van der Waals surface area contributed by atoms with Gasteiger partial charge in [-0.25, -0.2) is 20.0 Å². The molecule has 176 valence electrons. The van der Waals surface area contributed by atoms with Crippen LogP contribution in [0.5, 0.6) is 0 Å². The van der Waals surface area contributed by atoms with E-state index in [0.29, 0.717) is 24.1 Å². The van der Waals surface area contributed by atoms with Gasteiger partial charge in [0, 0.05) is 23.3 Å². The van der Waals surface area contributed by atoms with Gasteiger partial charge in [0.15, 0.2) is 0 Å². The lowest BCUT2D eigenvalue weighted by Crippen LogP contribution is -2.34. The van der Waals surface area contributed by atoms with Crippen LogP contribution in [0.2, 0.25) is 0 Å². The summed E-state index contributed by atoms with van der Waals surface area (Å²) in [6, 6.07) is 4.30. The van der Waals surface area contributed by atoms with Crippen LogP contribution >= 0.6 is 0 Å². The zero-order valence-electron chi connectivity index (χ0n) is 19.2. The lowest BCUT2D eigenvalue weighted by molar-refractivity contribution is -0.115. The fourth-order valence-corrected chi connectivity index (χ4v) is 3.12. The summed E-state index contributed by atoms with van der Waals surface area (Å²) in [5.74, 6) is 4.94. The lowest BCUT2D eigenvalue weighted by atomic mass is 10.1. The Hall–Kier alpha value is -3.92. The molecule has 2 aromatic rings. The molecule has 0 atom stereocenters. The molecule has 1 aliphatic heterocycles. The highest BCUT2D eigenvalue weighted by molar-refractivity contribution is 5.99. The summed E-state index contributed by atoms with van der Waals surface area (Å²) in [4.78, 5) is 35.4. The van der Waals surface area contributed by atoms with Gasteiger partial charge in [0.25, 0.3) is 0 Å². The first-order valence-electron chi connectivity index (χ1n) is 10.2. The summed E-state index contributed by atoms with van der Waals surface area (Å²) >= 11 is 0. The summed E-state index contributed by atoms with van der Waals surface area (Å²) in [6.45, 7) is 11.0. The SMILES string of the molecule is C=C/C(N)=C(\N=C/CC)N(N)OC(=O)c1c(C)[nH]c(C)c1C.O=C1Cc2cc(F)ccc2N1. The molecule has 10 heteroatoms. The second kappa shape index (κ2) is 11.1. The topological polar surface area (TPSA) is 139 Å². The molecule has 1 aliphatic rings. The fourth-order valence-electron chi connectivity index (χ4n) is 3.12. The van der Waals surface area contributed by atoms with E-state index in [1.807, 2.05) is 20.8 Å². The van der Waals surface area contributed by atoms with Gasteiger partial charge < -0.3 is 20.9 Å². The number of hydrogen-bond donors (Lipinski definition) is 4. The first kappa shape index (κ1) is 25.3. The van der Waals surface area contributed by atoms with E-state index in [2.05, 4.69) is 21.9 Å². The molecule has 1 aromatic heterocycles. The second-order valence-electron chi connectivity index (χ2n) is 7.31. The van der Waals surface area contributed by atoms with Crippen LogP contribution in [0, 0.1) is 26.6 Å². The number of benzene rings is 1. The van der Waals surface area contributed by atoms with E-state index in [1.165, 1.54) is 18.2 Å². The molecular weight excluding hydrogens is 427 g/mol. The molecule has 0 saturated heterocycles. The molecule has 2 heterocycles. The number of hydrazine groups is 1. The Morgan fingerprint density at radius 2 is 2.03 bits per heavy atom. The van der Waals surface area contributed by atoms with Crippen molar-refractivity contribution in [2.75, 3.05) is 5.32 Å². The molecule has 0 bridgehead atoms. The van der Waals surface area contributed by atoms with Crippen LogP contribution in [0.4, 0.5) is 10.1 Å². The molecule has 6 N–H and O–H groups in total. The number of carbonyl (C=O) groups excluding carboxylic acids is 2. The van der Waals surface area contributed by atoms with Gasteiger partial charge in [0.1, 0.15) is 5.82 Å². The first-order chi connectivity index (χ1) is 15.6. The van der Waals surface area contributed by atoms with Crippen LogP contribution in [-0.4, -0.2) is 28.2 Å². The summed E-state index contributed by atoms with van der Waals surface area (Å²) < 4.78 is 12.5. The molecule has 0 spiro atoms. The number of halogens is 1. The predicted octanol–water partition coefficient (Wildman–Crippen LogP) is 3.30. The van der Waals surface area contributed by atoms with Gasteiger partial charge in [-0.1, -0.05) is 13.5 Å². The highest BCUT2D eigenvalue weighted by Gasteiger charge is 2.21. The van der Waals surface area contributed by atoms with Crippen LogP contribution in [0.25, 0.3) is 0 Å². The van der Waals surface area contributed by atoms with Crippen LogP contribution in [0.15, 0.2) is 47.4 Å². The van der Waals surface area contributed by atoms with E-state index in [-0.39, 0.29) is 23.2 Å². The van der Waals surface area contributed by atoms with E-state index in [4.69, 9.17) is 16.4 Å². The van der Waals surface area contributed by atoms with E-state index in [0.717, 1.165) is 27.7 Å².